The predicted octanol–water partition coefficient (Wildman–Crippen LogP) is 3.80. The Kier molecular flexibility index (Phi) is 7.62. The van der Waals surface area contributed by atoms with Gasteiger partial charge >= 0.3 is 0 Å². The highest BCUT2D eigenvalue weighted by Gasteiger charge is 2.15. The summed E-state index contributed by atoms with van der Waals surface area (Å²) in [5.74, 6) is 1.33. The van der Waals surface area contributed by atoms with Crippen molar-refractivity contribution in [2.45, 2.75) is 19.6 Å². The molecule has 0 fully saturated rings. The highest BCUT2D eigenvalue weighted by molar-refractivity contribution is 5.94. The number of aliphatic hydroxyl groups is 1. The van der Waals surface area contributed by atoms with Crippen molar-refractivity contribution >= 4 is 17.3 Å². The number of ketones is 1. The van der Waals surface area contributed by atoms with Crippen LogP contribution >= 0.6 is 0 Å². The summed E-state index contributed by atoms with van der Waals surface area (Å²) >= 11 is 0. The minimum Gasteiger partial charge on any atom is -0.491 e. The summed E-state index contributed by atoms with van der Waals surface area (Å²) in [4.78, 5) is 20.1. The minimum absolute atomic E-state index is 0.0207. The first-order valence-electron chi connectivity index (χ1n) is 10.3. The summed E-state index contributed by atoms with van der Waals surface area (Å²) in [6.07, 6.45) is 1.01. The van der Waals surface area contributed by atoms with Crippen molar-refractivity contribution in [3.05, 3.63) is 84.1 Å². The topological polar surface area (TPSA) is 65.9 Å². The van der Waals surface area contributed by atoms with E-state index in [0.717, 1.165) is 17.1 Å². The second-order valence-corrected chi connectivity index (χ2v) is 7.68. The summed E-state index contributed by atoms with van der Waals surface area (Å²) in [5, 5.41) is 10.6. The average molecular weight is 420 g/mol. The van der Waals surface area contributed by atoms with E-state index >= 15 is 0 Å². The van der Waals surface area contributed by atoms with Crippen LogP contribution in [0.5, 0.6) is 5.75 Å². The number of aromatic nitrogens is 1. The number of Topliss-reactive ketones (excluding diaryl/α,β-unsaturated/α-hetero) is 1. The van der Waals surface area contributed by atoms with Gasteiger partial charge in [0, 0.05) is 44.6 Å². The maximum atomic E-state index is 11.5. The summed E-state index contributed by atoms with van der Waals surface area (Å²) in [5.41, 5.74) is 2.84. The standard InChI is InChI=1S/C25H29N3O3/c1-19(29)21-7-6-8-24(15-21)31-18-23(30)17-28(25-9-4-5-14-26-25)16-20-10-12-22(13-11-20)27(2)3/h4-15,23,30H,16-18H2,1-3H3. The van der Waals surface area contributed by atoms with Gasteiger partial charge in [-0.2, -0.15) is 0 Å². The second-order valence-electron chi connectivity index (χ2n) is 7.68. The van der Waals surface area contributed by atoms with Crippen LogP contribution in [0.1, 0.15) is 22.8 Å². The zero-order valence-corrected chi connectivity index (χ0v) is 18.2. The van der Waals surface area contributed by atoms with Crippen molar-refractivity contribution in [2.75, 3.05) is 37.0 Å². The fourth-order valence-electron chi connectivity index (χ4n) is 3.20. The lowest BCUT2D eigenvalue weighted by Crippen LogP contribution is -2.35. The van der Waals surface area contributed by atoms with Gasteiger partial charge in [0.25, 0.3) is 0 Å². The number of ether oxygens (including phenoxy) is 1. The molecule has 1 N–H and O–H groups in total. The molecule has 1 atom stereocenters. The van der Waals surface area contributed by atoms with E-state index in [2.05, 4.69) is 34.1 Å². The Morgan fingerprint density at radius 3 is 2.48 bits per heavy atom. The van der Waals surface area contributed by atoms with Crippen LogP contribution < -0.4 is 14.5 Å². The highest BCUT2D eigenvalue weighted by Crippen LogP contribution is 2.19. The number of anilines is 2. The van der Waals surface area contributed by atoms with Gasteiger partial charge in [0.1, 0.15) is 24.3 Å². The molecule has 0 radical (unpaired) electrons. The number of pyridine rings is 1. The molecule has 0 bridgehead atoms. The normalized spacial score (nSPS) is 11.6. The molecule has 31 heavy (non-hydrogen) atoms. The van der Waals surface area contributed by atoms with Gasteiger partial charge in [-0.3, -0.25) is 4.79 Å². The Balaban J connectivity index is 1.67. The molecule has 6 heteroatoms. The molecule has 1 unspecified atom stereocenters. The van der Waals surface area contributed by atoms with Crippen LogP contribution in [0.3, 0.4) is 0 Å². The number of carbonyl (C=O) groups excluding carboxylic acids is 1. The predicted molar refractivity (Wildman–Crippen MR) is 124 cm³/mol. The first-order valence-corrected chi connectivity index (χ1v) is 10.3. The molecular formula is C25H29N3O3. The first kappa shape index (κ1) is 22.3. The maximum Gasteiger partial charge on any atom is 0.159 e. The van der Waals surface area contributed by atoms with E-state index in [1.54, 1.807) is 30.5 Å². The van der Waals surface area contributed by atoms with Crippen molar-refractivity contribution in [1.29, 1.82) is 0 Å². The van der Waals surface area contributed by atoms with E-state index in [1.165, 1.54) is 6.92 Å². The van der Waals surface area contributed by atoms with Crippen LogP contribution in [0.2, 0.25) is 0 Å². The Morgan fingerprint density at radius 1 is 1.06 bits per heavy atom. The quantitative estimate of drug-likeness (QED) is 0.504. The zero-order chi connectivity index (χ0) is 22.2. The summed E-state index contributed by atoms with van der Waals surface area (Å²) in [7, 11) is 4.02. The SMILES string of the molecule is CC(=O)c1cccc(OCC(O)CN(Cc2ccc(N(C)C)cc2)c2ccccn2)c1. The summed E-state index contributed by atoms with van der Waals surface area (Å²) < 4.78 is 5.73. The molecule has 0 saturated heterocycles. The molecule has 0 spiro atoms. The van der Waals surface area contributed by atoms with Gasteiger partial charge in [-0.1, -0.05) is 30.3 Å². The Labute approximate surface area is 183 Å². The number of nitrogens with zero attached hydrogens (tertiary/aromatic N) is 3. The monoisotopic (exact) mass is 419 g/mol. The van der Waals surface area contributed by atoms with Crippen LogP contribution in [0.25, 0.3) is 0 Å². The number of aliphatic hydroxyl groups excluding tert-OH is 1. The molecule has 1 heterocycles. The van der Waals surface area contributed by atoms with Gasteiger partial charge in [0.2, 0.25) is 0 Å². The first-order chi connectivity index (χ1) is 14.9. The van der Waals surface area contributed by atoms with Gasteiger partial charge in [0.15, 0.2) is 5.78 Å². The molecule has 0 aliphatic carbocycles. The Hall–Kier alpha value is -3.38. The number of rotatable bonds is 10. The van der Waals surface area contributed by atoms with Crippen LogP contribution in [-0.2, 0) is 6.54 Å². The van der Waals surface area contributed by atoms with E-state index in [4.69, 9.17) is 4.74 Å². The maximum absolute atomic E-state index is 11.5. The van der Waals surface area contributed by atoms with Crippen molar-refractivity contribution in [1.82, 2.24) is 4.98 Å². The highest BCUT2D eigenvalue weighted by atomic mass is 16.5. The van der Waals surface area contributed by atoms with Crippen molar-refractivity contribution in [2.24, 2.45) is 0 Å². The molecule has 0 amide bonds. The molecule has 3 aromatic rings. The number of benzene rings is 2. The van der Waals surface area contributed by atoms with Crippen LogP contribution in [0.15, 0.2) is 72.9 Å². The third kappa shape index (κ3) is 6.55. The van der Waals surface area contributed by atoms with Crippen molar-refractivity contribution in [3.8, 4) is 5.75 Å². The Morgan fingerprint density at radius 2 is 1.84 bits per heavy atom. The van der Waals surface area contributed by atoms with Crippen LogP contribution in [0.4, 0.5) is 11.5 Å². The van der Waals surface area contributed by atoms with Gasteiger partial charge in [-0.05, 0) is 48.9 Å². The molecule has 162 valence electrons. The molecule has 1 aromatic heterocycles. The smallest absolute Gasteiger partial charge is 0.159 e. The number of carbonyl (C=O) groups is 1. The lowest BCUT2D eigenvalue weighted by molar-refractivity contribution is 0.101. The largest absolute Gasteiger partial charge is 0.491 e. The van der Waals surface area contributed by atoms with Gasteiger partial charge < -0.3 is 19.6 Å². The van der Waals surface area contributed by atoms with E-state index in [9.17, 15) is 9.90 Å². The summed E-state index contributed by atoms with van der Waals surface area (Å²) in [6.45, 7) is 2.61. The average Bonchev–Trinajstić information content (AvgIpc) is 2.78. The van der Waals surface area contributed by atoms with Crippen LogP contribution in [0, 0.1) is 0 Å². The van der Waals surface area contributed by atoms with Gasteiger partial charge in [-0.15, -0.1) is 0 Å². The molecule has 0 saturated carbocycles. The number of hydrogen-bond donors (Lipinski definition) is 1. The minimum atomic E-state index is -0.732. The lowest BCUT2D eigenvalue weighted by atomic mass is 10.1. The third-order valence-corrected chi connectivity index (χ3v) is 4.91. The van der Waals surface area contributed by atoms with Gasteiger partial charge in [-0.25, -0.2) is 4.98 Å². The molecule has 6 nitrogen and oxygen atoms in total. The molecular weight excluding hydrogens is 390 g/mol. The fraction of sp³-hybridized carbons (Fsp3) is 0.280. The summed E-state index contributed by atoms with van der Waals surface area (Å²) in [6, 6.07) is 21.0. The van der Waals surface area contributed by atoms with Crippen molar-refractivity contribution in [3.63, 3.8) is 0 Å². The van der Waals surface area contributed by atoms with E-state index < -0.39 is 6.10 Å². The lowest BCUT2D eigenvalue weighted by Gasteiger charge is -2.27. The fourth-order valence-corrected chi connectivity index (χ4v) is 3.20. The zero-order valence-electron chi connectivity index (χ0n) is 18.2. The molecule has 3 rings (SSSR count). The number of hydrogen-bond acceptors (Lipinski definition) is 6. The third-order valence-electron chi connectivity index (χ3n) is 4.91. The Bertz CT molecular complexity index is 975. The van der Waals surface area contributed by atoms with E-state index in [1.807, 2.05) is 37.2 Å². The van der Waals surface area contributed by atoms with E-state index in [-0.39, 0.29) is 12.4 Å². The van der Waals surface area contributed by atoms with Crippen LogP contribution in [-0.4, -0.2) is 49.2 Å². The van der Waals surface area contributed by atoms with Gasteiger partial charge in [0.05, 0.1) is 0 Å². The molecule has 0 aliphatic heterocycles. The second kappa shape index (κ2) is 10.6. The molecule has 2 aromatic carbocycles. The molecule has 0 aliphatic rings. The van der Waals surface area contributed by atoms with Crippen molar-refractivity contribution < 1.29 is 14.6 Å². The van der Waals surface area contributed by atoms with E-state index in [0.29, 0.717) is 24.4 Å².